The number of thiazole rings is 1. The van der Waals surface area contributed by atoms with Crippen LogP contribution in [0.1, 0.15) is 10.7 Å². The number of halogens is 5. The molecular weight excluding hydrogens is 255 g/mol. The Hall–Kier alpha value is -1.25. The van der Waals surface area contributed by atoms with Gasteiger partial charge in [-0.1, -0.05) is 5.16 Å². The Bertz CT molecular complexity index is 386. The molecule has 3 nitrogen and oxygen atoms in total. The Kier molecular flexibility index (Phi) is 3.46. The third-order valence-electron chi connectivity index (χ3n) is 1.47. The Morgan fingerprint density at radius 1 is 1.38 bits per heavy atom. The zero-order chi connectivity index (χ0) is 12.4. The van der Waals surface area contributed by atoms with Crippen molar-refractivity contribution in [2.45, 2.75) is 12.1 Å². The molecule has 0 spiro atoms. The van der Waals surface area contributed by atoms with Crippen molar-refractivity contribution in [1.82, 2.24) is 4.98 Å². The standard InChI is InChI=1S/C7H5F5N2OS/c1-15-13-2-5-14-4(3-16-5)6(8,9)7(10,11)12/h2-3H,1H3. The minimum Gasteiger partial charge on any atom is -0.399 e. The van der Waals surface area contributed by atoms with Crippen LogP contribution in [0, 0.1) is 0 Å². The van der Waals surface area contributed by atoms with Gasteiger partial charge in [0.15, 0.2) is 0 Å². The number of aromatic nitrogens is 1. The molecule has 1 aromatic rings. The summed E-state index contributed by atoms with van der Waals surface area (Å²) in [6.45, 7) is 0. The topological polar surface area (TPSA) is 34.5 Å². The second-order valence-corrected chi connectivity index (χ2v) is 3.45. The molecule has 0 bridgehead atoms. The van der Waals surface area contributed by atoms with Crippen LogP contribution in [0.2, 0.25) is 0 Å². The monoisotopic (exact) mass is 260 g/mol. The largest absolute Gasteiger partial charge is 0.459 e. The van der Waals surface area contributed by atoms with Crippen molar-refractivity contribution in [1.29, 1.82) is 0 Å². The summed E-state index contributed by atoms with van der Waals surface area (Å²) in [5.74, 6) is -4.96. The Labute approximate surface area is 90.5 Å². The normalized spacial score (nSPS) is 13.4. The lowest BCUT2D eigenvalue weighted by Gasteiger charge is -2.16. The van der Waals surface area contributed by atoms with E-state index in [1.165, 1.54) is 7.11 Å². The van der Waals surface area contributed by atoms with Gasteiger partial charge in [-0.3, -0.25) is 0 Å². The molecule has 0 aliphatic rings. The van der Waals surface area contributed by atoms with Gasteiger partial charge < -0.3 is 4.84 Å². The van der Waals surface area contributed by atoms with Crippen molar-refractivity contribution in [2.75, 3.05) is 7.11 Å². The van der Waals surface area contributed by atoms with E-state index in [1.807, 2.05) is 0 Å². The maximum absolute atomic E-state index is 12.7. The van der Waals surface area contributed by atoms with Crippen LogP contribution in [0.25, 0.3) is 0 Å². The van der Waals surface area contributed by atoms with Crippen molar-refractivity contribution < 1.29 is 26.8 Å². The number of hydrogen-bond acceptors (Lipinski definition) is 4. The van der Waals surface area contributed by atoms with E-state index >= 15 is 0 Å². The maximum atomic E-state index is 12.7. The quantitative estimate of drug-likeness (QED) is 0.476. The van der Waals surface area contributed by atoms with Gasteiger partial charge in [0.2, 0.25) is 0 Å². The first kappa shape index (κ1) is 12.8. The van der Waals surface area contributed by atoms with Gasteiger partial charge >= 0.3 is 12.1 Å². The highest BCUT2D eigenvalue weighted by Crippen LogP contribution is 2.43. The molecule has 0 amide bonds. The van der Waals surface area contributed by atoms with Gasteiger partial charge in [0, 0.05) is 5.38 Å². The summed E-state index contributed by atoms with van der Waals surface area (Å²) in [6.07, 6.45) is -4.71. The highest BCUT2D eigenvalue weighted by atomic mass is 32.1. The van der Waals surface area contributed by atoms with Crippen molar-refractivity contribution in [3.8, 4) is 0 Å². The number of oxime groups is 1. The van der Waals surface area contributed by atoms with Crippen LogP contribution in [0.4, 0.5) is 22.0 Å². The second kappa shape index (κ2) is 4.32. The molecule has 9 heteroatoms. The van der Waals surface area contributed by atoms with Crippen LogP contribution >= 0.6 is 11.3 Å². The average molecular weight is 260 g/mol. The molecule has 0 fully saturated rings. The average Bonchev–Trinajstić information content (AvgIpc) is 2.61. The van der Waals surface area contributed by atoms with Gasteiger partial charge in [-0.15, -0.1) is 11.3 Å². The summed E-state index contributed by atoms with van der Waals surface area (Å²) in [7, 11) is 1.20. The van der Waals surface area contributed by atoms with Crippen molar-refractivity contribution >= 4 is 17.6 Å². The molecule has 0 N–H and O–H groups in total. The highest BCUT2D eigenvalue weighted by molar-refractivity contribution is 7.11. The molecule has 0 saturated carbocycles. The Morgan fingerprint density at radius 3 is 2.50 bits per heavy atom. The van der Waals surface area contributed by atoms with Gasteiger partial charge in [0.25, 0.3) is 0 Å². The van der Waals surface area contributed by atoms with E-state index in [4.69, 9.17) is 0 Å². The van der Waals surface area contributed by atoms with Gasteiger partial charge in [-0.2, -0.15) is 22.0 Å². The summed E-state index contributed by atoms with van der Waals surface area (Å²) in [5.41, 5.74) is -1.34. The van der Waals surface area contributed by atoms with Crippen LogP contribution in [-0.2, 0) is 10.8 Å². The molecule has 0 radical (unpaired) electrons. The molecule has 0 saturated heterocycles. The first-order valence-corrected chi connectivity index (χ1v) is 4.64. The minimum atomic E-state index is -5.66. The number of rotatable bonds is 3. The Morgan fingerprint density at radius 2 is 2.00 bits per heavy atom. The first-order chi connectivity index (χ1) is 7.29. The lowest BCUT2D eigenvalue weighted by atomic mass is 10.2. The fraction of sp³-hybridized carbons (Fsp3) is 0.429. The lowest BCUT2D eigenvalue weighted by Crippen LogP contribution is -2.34. The number of nitrogens with zero attached hydrogens (tertiary/aromatic N) is 2. The fourth-order valence-corrected chi connectivity index (χ4v) is 1.42. The van der Waals surface area contributed by atoms with E-state index in [0.29, 0.717) is 16.7 Å². The summed E-state index contributed by atoms with van der Waals surface area (Å²) in [5, 5.41) is 3.73. The fourth-order valence-electron chi connectivity index (χ4n) is 0.734. The molecule has 90 valence electrons. The molecule has 0 aromatic carbocycles. The third-order valence-corrected chi connectivity index (χ3v) is 2.25. The third kappa shape index (κ3) is 2.46. The van der Waals surface area contributed by atoms with Gasteiger partial charge in [0.05, 0.1) is 0 Å². The minimum absolute atomic E-state index is 0.0965. The van der Waals surface area contributed by atoms with E-state index in [2.05, 4.69) is 15.0 Å². The van der Waals surface area contributed by atoms with Gasteiger partial charge in [-0.05, 0) is 0 Å². The summed E-state index contributed by atoms with van der Waals surface area (Å²) < 4.78 is 61.3. The smallest absolute Gasteiger partial charge is 0.399 e. The molecule has 1 aromatic heterocycles. The lowest BCUT2D eigenvalue weighted by molar-refractivity contribution is -0.290. The van der Waals surface area contributed by atoms with Crippen LogP contribution in [0.5, 0.6) is 0 Å². The van der Waals surface area contributed by atoms with Gasteiger partial charge in [0.1, 0.15) is 24.0 Å². The number of alkyl halides is 5. The van der Waals surface area contributed by atoms with E-state index in [1.54, 1.807) is 0 Å². The Balaban J connectivity index is 2.98. The van der Waals surface area contributed by atoms with E-state index in [0.717, 1.165) is 6.21 Å². The summed E-state index contributed by atoms with van der Waals surface area (Å²) >= 11 is 0.612. The molecule has 0 atom stereocenters. The summed E-state index contributed by atoms with van der Waals surface area (Å²) in [6, 6.07) is 0. The molecular formula is C7H5F5N2OS. The zero-order valence-corrected chi connectivity index (χ0v) is 8.57. The first-order valence-electron chi connectivity index (χ1n) is 3.76. The maximum Gasteiger partial charge on any atom is 0.459 e. The predicted molar refractivity (Wildman–Crippen MR) is 46.7 cm³/mol. The van der Waals surface area contributed by atoms with E-state index in [9.17, 15) is 22.0 Å². The van der Waals surface area contributed by atoms with Crippen LogP contribution < -0.4 is 0 Å². The highest BCUT2D eigenvalue weighted by Gasteiger charge is 2.60. The van der Waals surface area contributed by atoms with Crippen LogP contribution in [0.3, 0.4) is 0 Å². The molecule has 0 aliphatic heterocycles. The zero-order valence-electron chi connectivity index (χ0n) is 7.76. The molecule has 16 heavy (non-hydrogen) atoms. The van der Waals surface area contributed by atoms with Crippen molar-refractivity contribution in [2.24, 2.45) is 5.16 Å². The van der Waals surface area contributed by atoms with Crippen molar-refractivity contribution in [3.05, 3.63) is 16.1 Å². The van der Waals surface area contributed by atoms with E-state index in [-0.39, 0.29) is 5.01 Å². The molecule has 0 unspecified atom stereocenters. The summed E-state index contributed by atoms with van der Waals surface area (Å²) in [4.78, 5) is 7.34. The van der Waals surface area contributed by atoms with E-state index < -0.39 is 17.8 Å². The second-order valence-electron chi connectivity index (χ2n) is 2.56. The van der Waals surface area contributed by atoms with Gasteiger partial charge in [-0.25, -0.2) is 4.98 Å². The van der Waals surface area contributed by atoms with Crippen LogP contribution in [0.15, 0.2) is 10.5 Å². The van der Waals surface area contributed by atoms with Crippen molar-refractivity contribution in [3.63, 3.8) is 0 Å². The molecule has 1 rings (SSSR count). The van der Waals surface area contributed by atoms with Crippen LogP contribution in [-0.4, -0.2) is 24.5 Å². The number of hydrogen-bond donors (Lipinski definition) is 0. The molecule has 1 heterocycles. The SMILES string of the molecule is CON=Cc1nc(C(F)(F)C(F)(F)F)cs1. The molecule has 0 aliphatic carbocycles. The predicted octanol–water partition coefficient (Wildman–Crippen LogP) is 2.78.